The maximum atomic E-state index is 12.1. The molecule has 0 aliphatic heterocycles. The van der Waals surface area contributed by atoms with Crippen molar-refractivity contribution >= 4 is 17.3 Å². The van der Waals surface area contributed by atoms with Crippen LogP contribution in [0.1, 0.15) is 25.7 Å². The topological polar surface area (TPSA) is 58.4 Å². The summed E-state index contributed by atoms with van der Waals surface area (Å²) in [7, 11) is 3.97. The Labute approximate surface area is 115 Å². The van der Waals surface area contributed by atoms with E-state index in [4.69, 9.17) is 5.73 Å². The second-order valence-corrected chi connectivity index (χ2v) is 5.73. The van der Waals surface area contributed by atoms with E-state index >= 15 is 0 Å². The fraction of sp³-hybridized carbons (Fsp3) is 0.533. The van der Waals surface area contributed by atoms with Gasteiger partial charge in [-0.3, -0.25) is 4.79 Å². The molecule has 1 fully saturated rings. The van der Waals surface area contributed by atoms with Gasteiger partial charge in [0, 0.05) is 31.9 Å². The first kappa shape index (κ1) is 13.9. The largest absolute Gasteiger partial charge is 0.378 e. The Morgan fingerprint density at radius 1 is 1.42 bits per heavy atom. The van der Waals surface area contributed by atoms with Gasteiger partial charge in [0.15, 0.2) is 0 Å². The van der Waals surface area contributed by atoms with Crippen molar-refractivity contribution in [1.29, 1.82) is 0 Å². The van der Waals surface area contributed by atoms with Crippen LogP contribution in [0.5, 0.6) is 0 Å². The van der Waals surface area contributed by atoms with Crippen molar-refractivity contribution in [3.05, 3.63) is 24.3 Å². The van der Waals surface area contributed by atoms with E-state index in [-0.39, 0.29) is 11.3 Å². The number of nitrogens with one attached hydrogen (secondary N) is 1. The summed E-state index contributed by atoms with van der Waals surface area (Å²) in [4.78, 5) is 14.1. The molecule has 1 aliphatic carbocycles. The number of rotatable bonds is 5. The summed E-state index contributed by atoms with van der Waals surface area (Å²) in [5, 5.41) is 2.97. The summed E-state index contributed by atoms with van der Waals surface area (Å²) in [6.45, 7) is 0.609. The van der Waals surface area contributed by atoms with Gasteiger partial charge in [-0.05, 0) is 43.0 Å². The quantitative estimate of drug-likeness (QED) is 0.854. The number of carbonyl (C=O) groups excluding carboxylic acids is 1. The fourth-order valence-electron chi connectivity index (χ4n) is 2.54. The minimum Gasteiger partial charge on any atom is -0.378 e. The van der Waals surface area contributed by atoms with Crippen molar-refractivity contribution in [3.63, 3.8) is 0 Å². The minimum absolute atomic E-state index is 0.0588. The third-order valence-electron chi connectivity index (χ3n) is 4.03. The van der Waals surface area contributed by atoms with Crippen LogP contribution in [0.25, 0.3) is 0 Å². The summed E-state index contributed by atoms with van der Waals surface area (Å²) in [6.07, 6.45) is 3.89. The van der Waals surface area contributed by atoms with E-state index in [1.54, 1.807) is 0 Å². The van der Waals surface area contributed by atoms with Gasteiger partial charge in [0.1, 0.15) is 0 Å². The molecule has 0 bridgehead atoms. The number of nitrogens with two attached hydrogens (primary N) is 1. The molecule has 4 heteroatoms. The SMILES string of the molecule is CN(C)c1cccc(NC(=O)CC2(CN)CCC2)c1. The normalized spacial score (nSPS) is 16.6. The first-order valence-corrected chi connectivity index (χ1v) is 6.82. The maximum Gasteiger partial charge on any atom is 0.224 e. The number of hydrogen-bond acceptors (Lipinski definition) is 3. The first-order chi connectivity index (χ1) is 9.04. The van der Waals surface area contributed by atoms with E-state index in [1.807, 2.05) is 43.3 Å². The third kappa shape index (κ3) is 3.26. The highest BCUT2D eigenvalue weighted by atomic mass is 16.1. The molecule has 0 saturated heterocycles. The fourth-order valence-corrected chi connectivity index (χ4v) is 2.54. The molecule has 2 rings (SSSR count). The number of nitrogens with zero attached hydrogens (tertiary/aromatic N) is 1. The van der Waals surface area contributed by atoms with Crippen LogP contribution in [-0.4, -0.2) is 26.5 Å². The smallest absolute Gasteiger partial charge is 0.224 e. The highest BCUT2D eigenvalue weighted by Gasteiger charge is 2.37. The van der Waals surface area contributed by atoms with Gasteiger partial charge >= 0.3 is 0 Å². The molecule has 1 aromatic rings. The van der Waals surface area contributed by atoms with Crippen LogP contribution in [0.2, 0.25) is 0 Å². The number of carbonyl (C=O) groups is 1. The molecule has 1 aliphatic rings. The Balaban J connectivity index is 1.97. The Morgan fingerprint density at radius 3 is 2.68 bits per heavy atom. The summed E-state index contributed by atoms with van der Waals surface area (Å²) >= 11 is 0. The molecule has 0 spiro atoms. The Bertz CT molecular complexity index is 447. The minimum atomic E-state index is 0.0588. The van der Waals surface area contributed by atoms with E-state index in [0.717, 1.165) is 24.2 Å². The standard InChI is InChI=1S/C15H23N3O/c1-18(2)13-6-3-5-12(9-13)17-14(19)10-15(11-16)7-4-8-15/h3,5-6,9H,4,7-8,10-11,16H2,1-2H3,(H,17,19). The van der Waals surface area contributed by atoms with E-state index < -0.39 is 0 Å². The zero-order valence-electron chi connectivity index (χ0n) is 11.8. The summed E-state index contributed by atoms with van der Waals surface area (Å²) in [5.41, 5.74) is 7.77. The number of benzene rings is 1. The van der Waals surface area contributed by atoms with Gasteiger partial charge in [0.05, 0.1) is 0 Å². The van der Waals surface area contributed by atoms with Crippen LogP contribution in [0.3, 0.4) is 0 Å². The zero-order chi connectivity index (χ0) is 13.9. The highest BCUT2D eigenvalue weighted by molar-refractivity contribution is 5.91. The molecule has 1 amide bonds. The maximum absolute atomic E-state index is 12.1. The predicted octanol–water partition coefficient (Wildman–Crippen LogP) is 2.21. The van der Waals surface area contributed by atoms with Gasteiger partial charge < -0.3 is 16.0 Å². The number of hydrogen-bond donors (Lipinski definition) is 2. The van der Waals surface area contributed by atoms with Crippen LogP contribution in [0.15, 0.2) is 24.3 Å². The van der Waals surface area contributed by atoms with Crippen LogP contribution >= 0.6 is 0 Å². The van der Waals surface area contributed by atoms with E-state index in [9.17, 15) is 4.79 Å². The first-order valence-electron chi connectivity index (χ1n) is 6.82. The molecule has 1 saturated carbocycles. The lowest BCUT2D eigenvalue weighted by Gasteiger charge is -2.40. The lowest BCUT2D eigenvalue weighted by atomic mass is 9.66. The predicted molar refractivity (Wildman–Crippen MR) is 79.4 cm³/mol. The van der Waals surface area contributed by atoms with Crippen molar-refractivity contribution in [2.75, 3.05) is 30.9 Å². The summed E-state index contributed by atoms with van der Waals surface area (Å²) in [6, 6.07) is 7.87. The van der Waals surface area contributed by atoms with Crippen LogP contribution in [0, 0.1) is 5.41 Å². The van der Waals surface area contributed by atoms with Gasteiger partial charge in [0.2, 0.25) is 5.91 Å². The van der Waals surface area contributed by atoms with Gasteiger partial charge in [-0.25, -0.2) is 0 Å². The molecule has 0 radical (unpaired) electrons. The lowest BCUT2D eigenvalue weighted by molar-refractivity contribution is -0.119. The van der Waals surface area contributed by atoms with E-state index in [2.05, 4.69) is 5.32 Å². The average molecular weight is 261 g/mol. The van der Waals surface area contributed by atoms with Crippen LogP contribution in [0.4, 0.5) is 11.4 Å². The average Bonchev–Trinajstić information content (AvgIpc) is 2.34. The van der Waals surface area contributed by atoms with E-state index in [0.29, 0.717) is 13.0 Å². The number of amides is 1. The van der Waals surface area contributed by atoms with Gasteiger partial charge in [0.25, 0.3) is 0 Å². The molecule has 4 nitrogen and oxygen atoms in total. The van der Waals surface area contributed by atoms with Gasteiger partial charge in [-0.2, -0.15) is 0 Å². The molecule has 0 aromatic heterocycles. The lowest BCUT2D eigenvalue weighted by Crippen LogP contribution is -2.40. The Hall–Kier alpha value is -1.55. The molecule has 0 unspecified atom stereocenters. The Morgan fingerprint density at radius 2 is 2.16 bits per heavy atom. The zero-order valence-corrected chi connectivity index (χ0v) is 11.8. The van der Waals surface area contributed by atoms with Crippen molar-refractivity contribution in [3.8, 4) is 0 Å². The van der Waals surface area contributed by atoms with Crippen molar-refractivity contribution in [2.24, 2.45) is 11.1 Å². The molecule has 19 heavy (non-hydrogen) atoms. The molecule has 0 heterocycles. The van der Waals surface area contributed by atoms with Gasteiger partial charge in [-0.1, -0.05) is 12.5 Å². The molecular formula is C15H23N3O. The second kappa shape index (κ2) is 5.61. The molecule has 0 atom stereocenters. The van der Waals surface area contributed by atoms with Crippen LogP contribution < -0.4 is 16.0 Å². The molecular weight excluding hydrogens is 238 g/mol. The second-order valence-electron chi connectivity index (χ2n) is 5.73. The highest BCUT2D eigenvalue weighted by Crippen LogP contribution is 2.43. The summed E-state index contributed by atoms with van der Waals surface area (Å²) in [5.74, 6) is 0.0704. The number of anilines is 2. The molecule has 104 valence electrons. The van der Waals surface area contributed by atoms with Crippen LogP contribution in [-0.2, 0) is 4.79 Å². The molecule has 1 aromatic carbocycles. The van der Waals surface area contributed by atoms with E-state index in [1.165, 1.54) is 6.42 Å². The third-order valence-corrected chi connectivity index (χ3v) is 4.03. The van der Waals surface area contributed by atoms with Gasteiger partial charge in [-0.15, -0.1) is 0 Å². The van der Waals surface area contributed by atoms with Crippen molar-refractivity contribution in [1.82, 2.24) is 0 Å². The van der Waals surface area contributed by atoms with Crippen molar-refractivity contribution in [2.45, 2.75) is 25.7 Å². The monoisotopic (exact) mass is 261 g/mol. The summed E-state index contributed by atoms with van der Waals surface area (Å²) < 4.78 is 0. The Kier molecular flexibility index (Phi) is 4.10. The van der Waals surface area contributed by atoms with Crippen molar-refractivity contribution < 1.29 is 4.79 Å². The molecule has 3 N–H and O–H groups in total.